The first-order valence-electron chi connectivity index (χ1n) is 11.6. The van der Waals surface area contributed by atoms with E-state index in [0.29, 0.717) is 0 Å². The molecular formula is C30H23N3S. The summed E-state index contributed by atoms with van der Waals surface area (Å²) in [7, 11) is 0. The standard InChI is InChI=1S/C28H17N3S.C2H6/c1-2-8-18(9-3-1)19-14-15-25(29-16-19)31-22-12-6-4-10-20(22)26-23(31)17-30-27-21-11-5-7-13-24(21)32-28(26)27;1-2/h1-17H;1-2H3. The van der Waals surface area contributed by atoms with Crippen molar-refractivity contribution < 1.29 is 0 Å². The van der Waals surface area contributed by atoms with Crippen LogP contribution in [0.3, 0.4) is 0 Å². The van der Waals surface area contributed by atoms with Gasteiger partial charge in [0, 0.05) is 32.6 Å². The fourth-order valence-corrected chi connectivity index (χ4v) is 5.86. The van der Waals surface area contributed by atoms with Crippen molar-refractivity contribution in [3.8, 4) is 16.9 Å². The largest absolute Gasteiger partial charge is 0.292 e. The third-order valence-electron chi connectivity index (χ3n) is 6.11. The number of nitrogens with zero attached hydrogens (tertiary/aromatic N) is 3. The molecule has 3 nitrogen and oxygen atoms in total. The summed E-state index contributed by atoms with van der Waals surface area (Å²) in [5.74, 6) is 0.901. The molecule has 4 aromatic heterocycles. The number of hydrogen-bond donors (Lipinski definition) is 0. The van der Waals surface area contributed by atoms with Crippen LogP contribution in [0.15, 0.2) is 103 Å². The van der Waals surface area contributed by atoms with Crippen molar-refractivity contribution in [1.82, 2.24) is 14.5 Å². The minimum absolute atomic E-state index is 0.901. The third kappa shape index (κ3) is 3.11. The van der Waals surface area contributed by atoms with Crippen LogP contribution in [-0.4, -0.2) is 14.5 Å². The van der Waals surface area contributed by atoms with Gasteiger partial charge in [-0.15, -0.1) is 11.3 Å². The van der Waals surface area contributed by atoms with Gasteiger partial charge in [0.25, 0.3) is 0 Å². The van der Waals surface area contributed by atoms with Crippen LogP contribution in [0.25, 0.3) is 59.1 Å². The monoisotopic (exact) mass is 457 g/mol. The van der Waals surface area contributed by atoms with E-state index in [0.717, 1.165) is 27.9 Å². The Bertz CT molecular complexity index is 1760. The van der Waals surface area contributed by atoms with Gasteiger partial charge in [-0.3, -0.25) is 9.55 Å². The average Bonchev–Trinajstić information content (AvgIpc) is 3.46. The van der Waals surface area contributed by atoms with Gasteiger partial charge in [0.05, 0.1) is 27.4 Å². The van der Waals surface area contributed by atoms with Crippen molar-refractivity contribution in [2.24, 2.45) is 0 Å². The summed E-state index contributed by atoms with van der Waals surface area (Å²) in [6.07, 6.45) is 3.96. The van der Waals surface area contributed by atoms with E-state index < -0.39 is 0 Å². The topological polar surface area (TPSA) is 30.7 Å². The lowest BCUT2D eigenvalue weighted by molar-refractivity contribution is 1.08. The Balaban J connectivity index is 0.00000106. The van der Waals surface area contributed by atoms with E-state index >= 15 is 0 Å². The first-order chi connectivity index (χ1) is 16.9. The molecule has 0 spiro atoms. The zero-order valence-corrected chi connectivity index (χ0v) is 19.9. The van der Waals surface area contributed by atoms with Gasteiger partial charge in [-0.25, -0.2) is 4.98 Å². The quantitative estimate of drug-likeness (QED) is 0.260. The van der Waals surface area contributed by atoms with E-state index in [4.69, 9.17) is 9.97 Å². The summed E-state index contributed by atoms with van der Waals surface area (Å²) >= 11 is 1.82. The van der Waals surface area contributed by atoms with Crippen LogP contribution in [0.4, 0.5) is 0 Å². The molecule has 0 bridgehead atoms. The SMILES string of the molecule is CC.c1ccc(-c2ccc(-n3c4ccccc4c4c5sc6ccccc6c5ncc43)nc2)cc1. The highest BCUT2D eigenvalue weighted by molar-refractivity contribution is 7.26. The molecule has 7 rings (SSSR count). The first kappa shape index (κ1) is 20.6. The molecule has 3 aromatic carbocycles. The first-order valence-corrected chi connectivity index (χ1v) is 12.4. The summed E-state index contributed by atoms with van der Waals surface area (Å²) in [5.41, 5.74) is 5.59. The summed E-state index contributed by atoms with van der Waals surface area (Å²) < 4.78 is 4.74. The van der Waals surface area contributed by atoms with Gasteiger partial charge in [-0.05, 0) is 29.8 Å². The molecule has 0 saturated carbocycles. The van der Waals surface area contributed by atoms with Gasteiger partial charge in [0.15, 0.2) is 0 Å². The minimum atomic E-state index is 0.901. The molecule has 0 amide bonds. The van der Waals surface area contributed by atoms with Gasteiger partial charge in [-0.2, -0.15) is 0 Å². The van der Waals surface area contributed by atoms with Crippen molar-refractivity contribution in [3.63, 3.8) is 0 Å². The van der Waals surface area contributed by atoms with Crippen molar-refractivity contribution in [2.75, 3.05) is 0 Å². The van der Waals surface area contributed by atoms with Gasteiger partial charge < -0.3 is 0 Å². The fraction of sp³-hybridized carbons (Fsp3) is 0.0667. The van der Waals surface area contributed by atoms with Crippen LogP contribution in [0, 0.1) is 0 Å². The van der Waals surface area contributed by atoms with E-state index in [1.807, 2.05) is 43.6 Å². The molecule has 0 fully saturated rings. The Hall–Kier alpha value is -4.02. The maximum atomic E-state index is 4.91. The number of fused-ring (bicyclic) bond motifs is 7. The number of hydrogen-bond acceptors (Lipinski definition) is 3. The third-order valence-corrected chi connectivity index (χ3v) is 7.29. The fourth-order valence-electron chi connectivity index (χ4n) is 4.64. The Kier molecular flexibility index (Phi) is 5.08. The lowest BCUT2D eigenvalue weighted by atomic mass is 10.1. The molecule has 4 heteroatoms. The molecular weight excluding hydrogens is 434 g/mol. The predicted octanol–water partition coefficient (Wildman–Crippen LogP) is 8.63. The van der Waals surface area contributed by atoms with E-state index in [2.05, 4.69) is 89.5 Å². The second-order valence-electron chi connectivity index (χ2n) is 7.92. The molecule has 164 valence electrons. The molecule has 4 heterocycles. The number of rotatable bonds is 2. The van der Waals surface area contributed by atoms with Crippen LogP contribution in [0.5, 0.6) is 0 Å². The van der Waals surface area contributed by atoms with E-state index in [1.54, 1.807) is 0 Å². The number of aromatic nitrogens is 3. The molecule has 0 unspecified atom stereocenters. The highest BCUT2D eigenvalue weighted by Crippen LogP contribution is 2.41. The van der Waals surface area contributed by atoms with E-state index in [9.17, 15) is 0 Å². The van der Waals surface area contributed by atoms with Crippen LogP contribution >= 0.6 is 11.3 Å². The van der Waals surface area contributed by atoms with Crippen molar-refractivity contribution in [1.29, 1.82) is 0 Å². The Labute approximate surface area is 202 Å². The number of pyridine rings is 2. The predicted molar refractivity (Wildman–Crippen MR) is 146 cm³/mol. The van der Waals surface area contributed by atoms with Crippen molar-refractivity contribution >= 4 is 53.4 Å². The van der Waals surface area contributed by atoms with Crippen molar-refractivity contribution in [2.45, 2.75) is 13.8 Å². The minimum Gasteiger partial charge on any atom is -0.292 e. The summed E-state index contributed by atoms with van der Waals surface area (Å²) in [5, 5.41) is 3.70. The Morgan fingerprint density at radius 1 is 0.618 bits per heavy atom. The van der Waals surface area contributed by atoms with Gasteiger partial charge in [0.1, 0.15) is 5.82 Å². The zero-order chi connectivity index (χ0) is 23.1. The summed E-state index contributed by atoms with van der Waals surface area (Å²) in [6.45, 7) is 4.00. The zero-order valence-electron chi connectivity index (χ0n) is 19.1. The molecule has 0 aliphatic heterocycles. The normalized spacial score (nSPS) is 11.2. The van der Waals surface area contributed by atoms with Crippen LogP contribution in [0.2, 0.25) is 0 Å². The number of para-hydroxylation sites is 1. The van der Waals surface area contributed by atoms with E-state index in [-0.39, 0.29) is 0 Å². The second-order valence-corrected chi connectivity index (χ2v) is 8.97. The van der Waals surface area contributed by atoms with Crippen molar-refractivity contribution in [3.05, 3.63) is 103 Å². The maximum Gasteiger partial charge on any atom is 0.137 e. The smallest absolute Gasteiger partial charge is 0.137 e. The van der Waals surface area contributed by atoms with Crippen LogP contribution in [-0.2, 0) is 0 Å². The number of benzene rings is 3. The lowest BCUT2D eigenvalue weighted by Gasteiger charge is -2.08. The molecule has 0 saturated heterocycles. The molecule has 0 atom stereocenters. The van der Waals surface area contributed by atoms with Gasteiger partial charge in [-0.1, -0.05) is 80.6 Å². The van der Waals surface area contributed by atoms with Crippen LogP contribution in [0.1, 0.15) is 13.8 Å². The summed E-state index contributed by atoms with van der Waals surface area (Å²) in [4.78, 5) is 9.77. The molecule has 34 heavy (non-hydrogen) atoms. The highest BCUT2D eigenvalue weighted by atomic mass is 32.1. The average molecular weight is 458 g/mol. The van der Waals surface area contributed by atoms with Gasteiger partial charge >= 0.3 is 0 Å². The lowest BCUT2D eigenvalue weighted by Crippen LogP contribution is -1.97. The Morgan fingerprint density at radius 3 is 2.15 bits per heavy atom. The molecule has 7 aromatic rings. The van der Waals surface area contributed by atoms with Gasteiger partial charge in [0.2, 0.25) is 0 Å². The number of thiophene rings is 1. The maximum absolute atomic E-state index is 4.91. The molecule has 0 N–H and O–H groups in total. The molecule has 0 radical (unpaired) electrons. The highest BCUT2D eigenvalue weighted by Gasteiger charge is 2.18. The summed E-state index contributed by atoms with van der Waals surface area (Å²) in [6, 6.07) is 31.7. The Morgan fingerprint density at radius 2 is 1.35 bits per heavy atom. The van der Waals surface area contributed by atoms with Crippen LogP contribution < -0.4 is 0 Å². The second kappa shape index (κ2) is 8.40. The molecule has 0 aliphatic rings. The molecule has 0 aliphatic carbocycles. The van der Waals surface area contributed by atoms with E-state index in [1.165, 1.54) is 31.1 Å².